The zero-order valence-electron chi connectivity index (χ0n) is 11.7. The molecule has 0 bridgehead atoms. The summed E-state index contributed by atoms with van der Waals surface area (Å²) in [6.07, 6.45) is 0.792. The maximum atomic E-state index is 11.3. The molecule has 7 nitrogen and oxygen atoms in total. The third kappa shape index (κ3) is 3.11. The van der Waals surface area contributed by atoms with Gasteiger partial charge in [-0.25, -0.2) is 0 Å². The van der Waals surface area contributed by atoms with Gasteiger partial charge in [-0.2, -0.15) is 0 Å². The lowest BCUT2D eigenvalue weighted by Crippen LogP contribution is -2.20. The molecule has 0 aliphatic heterocycles. The quantitative estimate of drug-likeness (QED) is 0.848. The van der Waals surface area contributed by atoms with Crippen molar-refractivity contribution in [2.75, 3.05) is 18.9 Å². The predicted molar refractivity (Wildman–Crippen MR) is 73.6 cm³/mol. The molecule has 0 aliphatic rings. The number of rotatable bonds is 5. The minimum Gasteiger partial charge on any atom is -0.368 e. The van der Waals surface area contributed by atoms with Crippen LogP contribution < -0.4 is 10.6 Å². The Morgan fingerprint density at radius 3 is 2.65 bits per heavy atom. The second kappa shape index (κ2) is 6.14. The van der Waals surface area contributed by atoms with E-state index in [1.54, 1.807) is 19.2 Å². The lowest BCUT2D eigenvalue weighted by atomic mass is 10.1. The van der Waals surface area contributed by atoms with Crippen LogP contribution in [-0.4, -0.2) is 34.9 Å². The molecule has 1 amide bonds. The summed E-state index contributed by atoms with van der Waals surface area (Å²) >= 11 is 0. The smallest absolute Gasteiger partial charge is 0.271 e. The van der Waals surface area contributed by atoms with Gasteiger partial charge in [-0.1, -0.05) is 5.16 Å². The Kier molecular flexibility index (Phi) is 4.29. The second-order valence-electron chi connectivity index (χ2n) is 4.36. The third-order valence-electron chi connectivity index (χ3n) is 2.99. The van der Waals surface area contributed by atoms with Crippen LogP contribution in [0.5, 0.6) is 0 Å². The molecule has 0 saturated heterocycles. The summed E-state index contributed by atoms with van der Waals surface area (Å²) in [5.41, 5.74) is 2.31. The molecule has 2 N–H and O–H groups in total. The summed E-state index contributed by atoms with van der Waals surface area (Å²) in [5.74, 6) is 1.22. The maximum absolute atomic E-state index is 11.3. The Bertz CT molecular complexity index is 572. The molecule has 0 spiro atoms. The molecule has 2 heterocycles. The van der Waals surface area contributed by atoms with Gasteiger partial charge in [0.05, 0.1) is 5.69 Å². The number of carbonyl (C=O) groups is 1. The first kappa shape index (κ1) is 14.0. The van der Waals surface area contributed by atoms with Gasteiger partial charge in [-0.15, -0.1) is 10.2 Å². The van der Waals surface area contributed by atoms with E-state index in [2.05, 4.69) is 26.0 Å². The Labute approximate surface area is 116 Å². The van der Waals surface area contributed by atoms with Gasteiger partial charge in [0.1, 0.15) is 11.6 Å². The van der Waals surface area contributed by atoms with Gasteiger partial charge < -0.3 is 15.2 Å². The Morgan fingerprint density at radius 1 is 1.30 bits per heavy atom. The van der Waals surface area contributed by atoms with E-state index in [9.17, 15) is 4.79 Å². The lowest BCUT2D eigenvalue weighted by Gasteiger charge is -2.05. The molecule has 2 aromatic rings. The minimum atomic E-state index is -0.250. The molecule has 0 aliphatic carbocycles. The fourth-order valence-corrected chi connectivity index (χ4v) is 1.85. The summed E-state index contributed by atoms with van der Waals surface area (Å²) in [4.78, 5) is 11.3. The number of nitrogens with zero attached hydrogens (tertiary/aromatic N) is 3. The number of amides is 1. The summed E-state index contributed by atoms with van der Waals surface area (Å²) in [6.45, 7) is 4.51. The van der Waals surface area contributed by atoms with Crippen molar-refractivity contribution >= 4 is 11.7 Å². The molecule has 7 heteroatoms. The fraction of sp³-hybridized carbons (Fsp3) is 0.385. The van der Waals surface area contributed by atoms with Crippen molar-refractivity contribution in [2.24, 2.45) is 0 Å². The molecule has 0 unspecified atom stereocenters. The first-order valence-corrected chi connectivity index (χ1v) is 6.33. The average Bonchev–Trinajstić information content (AvgIpc) is 2.79. The SMILES string of the molecule is CNC(=O)c1ccc(NCCc2c(C)noc2C)nn1. The van der Waals surface area contributed by atoms with E-state index in [1.807, 2.05) is 13.8 Å². The first-order valence-electron chi connectivity index (χ1n) is 6.33. The van der Waals surface area contributed by atoms with E-state index in [-0.39, 0.29) is 5.91 Å². The predicted octanol–water partition coefficient (Wildman–Crippen LogP) is 1.10. The summed E-state index contributed by atoms with van der Waals surface area (Å²) < 4.78 is 5.10. The topological polar surface area (TPSA) is 92.9 Å². The van der Waals surface area contributed by atoms with E-state index < -0.39 is 0 Å². The highest BCUT2D eigenvalue weighted by Gasteiger charge is 2.09. The van der Waals surface area contributed by atoms with Gasteiger partial charge in [0, 0.05) is 19.2 Å². The van der Waals surface area contributed by atoms with Gasteiger partial charge in [0.15, 0.2) is 5.69 Å². The van der Waals surface area contributed by atoms with Crippen LogP contribution in [0.3, 0.4) is 0 Å². The van der Waals surface area contributed by atoms with Gasteiger partial charge in [-0.3, -0.25) is 4.79 Å². The number of aromatic nitrogens is 3. The molecule has 106 valence electrons. The summed E-state index contributed by atoms with van der Waals surface area (Å²) in [5, 5.41) is 17.3. The van der Waals surface area contributed by atoms with Gasteiger partial charge in [0.25, 0.3) is 5.91 Å². The molecule has 0 fully saturated rings. The highest BCUT2D eigenvalue weighted by molar-refractivity contribution is 5.91. The van der Waals surface area contributed by atoms with E-state index in [0.29, 0.717) is 18.1 Å². The molecule has 0 radical (unpaired) electrons. The number of hydrogen-bond donors (Lipinski definition) is 2. The maximum Gasteiger partial charge on any atom is 0.271 e. The third-order valence-corrected chi connectivity index (χ3v) is 2.99. The molecular weight excluding hydrogens is 258 g/mol. The molecule has 2 rings (SSSR count). The highest BCUT2D eigenvalue weighted by Crippen LogP contribution is 2.13. The zero-order chi connectivity index (χ0) is 14.5. The summed E-state index contributed by atoms with van der Waals surface area (Å²) in [7, 11) is 1.56. The minimum absolute atomic E-state index is 0.250. The fourth-order valence-electron chi connectivity index (χ4n) is 1.85. The average molecular weight is 275 g/mol. The largest absolute Gasteiger partial charge is 0.368 e. The van der Waals surface area contributed by atoms with Crippen LogP contribution in [0.15, 0.2) is 16.7 Å². The van der Waals surface area contributed by atoms with Crippen molar-refractivity contribution < 1.29 is 9.32 Å². The van der Waals surface area contributed by atoms with E-state index in [4.69, 9.17) is 4.52 Å². The van der Waals surface area contributed by atoms with Crippen LogP contribution >= 0.6 is 0 Å². The van der Waals surface area contributed by atoms with Crippen LogP contribution in [0.25, 0.3) is 0 Å². The van der Waals surface area contributed by atoms with Crippen LogP contribution in [0.2, 0.25) is 0 Å². The van der Waals surface area contributed by atoms with Gasteiger partial charge in [0.2, 0.25) is 0 Å². The highest BCUT2D eigenvalue weighted by atomic mass is 16.5. The second-order valence-corrected chi connectivity index (χ2v) is 4.36. The standard InChI is InChI=1S/C13H17N5O2/c1-8-10(9(2)20-18-8)6-7-15-12-5-4-11(16-17-12)13(19)14-3/h4-5H,6-7H2,1-3H3,(H,14,19)(H,15,17). The van der Waals surface area contributed by atoms with Crippen molar-refractivity contribution in [3.8, 4) is 0 Å². The zero-order valence-corrected chi connectivity index (χ0v) is 11.7. The van der Waals surface area contributed by atoms with Crippen LogP contribution in [-0.2, 0) is 6.42 Å². The van der Waals surface area contributed by atoms with Crippen molar-refractivity contribution in [1.29, 1.82) is 0 Å². The van der Waals surface area contributed by atoms with Crippen LogP contribution in [0.1, 0.15) is 27.5 Å². The summed E-state index contributed by atoms with van der Waals surface area (Å²) in [6, 6.07) is 3.36. The number of anilines is 1. The van der Waals surface area contributed by atoms with E-state index in [1.165, 1.54) is 0 Å². The van der Waals surface area contributed by atoms with E-state index in [0.717, 1.165) is 23.4 Å². The lowest BCUT2D eigenvalue weighted by molar-refractivity contribution is 0.0957. The normalized spacial score (nSPS) is 10.3. The molecule has 20 heavy (non-hydrogen) atoms. The van der Waals surface area contributed by atoms with Crippen molar-refractivity contribution in [3.63, 3.8) is 0 Å². The number of hydrogen-bond acceptors (Lipinski definition) is 6. The van der Waals surface area contributed by atoms with Crippen molar-refractivity contribution in [1.82, 2.24) is 20.7 Å². The van der Waals surface area contributed by atoms with Crippen molar-refractivity contribution in [3.05, 3.63) is 34.8 Å². The Morgan fingerprint density at radius 2 is 2.10 bits per heavy atom. The van der Waals surface area contributed by atoms with E-state index >= 15 is 0 Å². The van der Waals surface area contributed by atoms with Crippen LogP contribution in [0, 0.1) is 13.8 Å². The molecule has 2 aromatic heterocycles. The van der Waals surface area contributed by atoms with Gasteiger partial charge in [-0.05, 0) is 32.4 Å². The molecular formula is C13H17N5O2. The monoisotopic (exact) mass is 275 g/mol. The molecule has 0 atom stereocenters. The molecule has 0 saturated carbocycles. The van der Waals surface area contributed by atoms with Gasteiger partial charge >= 0.3 is 0 Å². The Balaban J connectivity index is 1.90. The number of aryl methyl sites for hydroxylation is 2. The first-order chi connectivity index (χ1) is 9.61. The number of carbonyl (C=O) groups excluding carboxylic acids is 1. The van der Waals surface area contributed by atoms with Crippen LogP contribution in [0.4, 0.5) is 5.82 Å². The Hall–Kier alpha value is -2.44. The molecule has 0 aromatic carbocycles. The van der Waals surface area contributed by atoms with Crippen molar-refractivity contribution in [2.45, 2.75) is 20.3 Å². The number of nitrogens with one attached hydrogen (secondary N) is 2.